The number of nitrogens with two attached hydrogens (primary N) is 10. The molecule has 1 aliphatic rings. The number of aliphatic hydroxyl groups is 1. The summed E-state index contributed by atoms with van der Waals surface area (Å²) in [4.78, 5) is 108. The fraction of sp³-hybridized carbons (Fsp3) is 0.528. The molecule has 9 atom stereocenters. The van der Waals surface area contributed by atoms with Crippen molar-refractivity contribution in [3.05, 3.63) is 90.0 Å². The van der Waals surface area contributed by atoms with Crippen molar-refractivity contribution in [1.82, 2.24) is 15.3 Å². The topological polar surface area (TPSA) is 674 Å². The molecule has 33 heteroatoms. The number of nitrogens with zero attached hydrogens (tertiary/aromatic N) is 1. The zero-order chi connectivity index (χ0) is 67.7. The van der Waals surface area contributed by atoms with E-state index in [1.54, 1.807) is 20.0 Å². The summed E-state index contributed by atoms with van der Waals surface area (Å²) in [7, 11) is 0. The van der Waals surface area contributed by atoms with E-state index in [0.29, 0.717) is 43.8 Å². The van der Waals surface area contributed by atoms with Gasteiger partial charge < -0.3 is 119 Å². The number of aliphatic hydroxyl groups excluding tert-OH is 1. The number of amides is 1. The van der Waals surface area contributed by atoms with Crippen LogP contribution in [0.15, 0.2) is 73.2 Å². The Bertz CT molecular complexity index is 2270. The number of unbranched alkanes of at least 4 members (excludes halogenated alkanes) is 1. The smallest absolute Gasteiger partial charge is 0.322 e. The summed E-state index contributed by atoms with van der Waals surface area (Å²) in [6.45, 7) is 8.40. The molecule has 0 radical (unpaired) electrons. The van der Waals surface area contributed by atoms with E-state index in [9.17, 15) is 47.9 Å². The van der Waals surface area contributed by atoms with Gasteiger partial charge in [-0.15, -0.1) is 0 Å². The molecule has 1 aliphatic heterocycles. The van der Waals surface area contributed by atoms with Crippen molar-refractivity contribution in [2.75, 3.05) is 19.7 Å². The number of carboxylic acid groups (broad SMARTS) is 9. The molecule has 0 spiro atoms. The molecule has 0 saturated carbocycles. The number of primary amides is 1. The van der Waals surface area contributed by atoms with Crippen LogP contribution in [-0.4, -0.2) is 195 Å². The summed E-state index contributed by atoms with van der Waals surface area (Å²) >= 11 is 0. The van der Waals surface area contributed by atoms with Gasteiger partial charge >= 0.3 is 53.7 Å². The van der Waals surface area contributed by atoms with Gasteiger partial charge in [0, 0.05) is 12.6 Å². The molecular weight excluding hydrogens is 1140 g/mol. The number of aliphatic carboxylic acids is 9. The van der Waals surface area contributed by atoms with Crippen molar-refractivity contribution in [2.45, 2.75) is 146 Å². The zero-order valence-electron chi connectivity index (χ0n) is 48.7. The van der Waals surface area contributed by atoms with Gasteiger partial charge in [-0.25, -0.2) is 4.98 Å². The van der Waals surface area contributed by atoms with E-state index in [1.165, 1.54) is 6.33 Å². The van der Waals surface area contributed by atoms with Gasteiger partial charge in [-0.3, -0.25) is 47.9 Å². The number of nitrogens with one attached hydrogen (secondary N) is 2. The standard InChI is InChI=1S/2C9H11NO2.C6H9N3O2.C6H14N2O2.C6H13NO2.C5H9NO2.C5H11NO2.C4H8N2O3.C3H7NO3/c2*10-8(9(11)12)6-7-4-2-1-3-5-7;7-5(6(10)11)1-4-2-8-3-9-4;7-4-2-1-3-5(8)6(9)10;1-4(2)3-5(7)6(8)9;7-5(8)4-2-1-3-6-4;1-3(2)4(6)5(7)8;5-2(4(8)9)1-3(6)7;4-2(1-5)3(6)7/h2*1-5,8H,6,10H2,(H,11,12);2-3,5H,1,7H2,(H,8,9)(H,10,11);5H,1-4,7-8H2,(H,9,10);4-5H,3,7H2,1-2H3,(H,8,9);4,6H,1-3H2,(H,7,8);3-4H,6H2,1-2H3,(H,7,8);2H,1,5H2,(H2,6,7)(H,8,9);2,5H,1,4H2,(H,6,7)/t2*8-;3*5-;2*4-;2*2-/m000000000/s1. The van der Waals surface area contributed by atoms with Crippen LogP contribution in [0.3, 0.4) is 0 Å². The number of carbonyl (C=O) groups excluding carboxylic acids is 1. The van der Waals surface area contributed by atoms with E-state index in [-0.39, 0.29) is 24.8 Å². The highest BCUT2D eigenvalue weighted by Crippen LogP contribution is 2.05. The molecule has 2 aromatic carbocycles. The number of carbonyl (C=O) groups is 10. The minimum absolute atomic E-state index is 0.0208. The first kappa shape index (κ1) is 86.7. The Morgan fingerprint density at radius 2 is 0.953 bits per heavy atom. The quantitative estimate of drug-likeness (QED) is 0.0380. The van der Waals surface area contributed by atoms with Crippen LogP contribution in [0.1, 0.15) is 89.5 Å². The molecule has 1 amide bonds. The van der Waals surface area contributed by atoms with Crippen molar-refractivity contribution in [1.29, 1.82) is 0 Å². The first-order valence-electron chi connectivity index (χ1n) is 26.4. The molecule has 0 aliphatic carbocycles. The Labute approximate surface area is 497 Å². The first-order chi connectivity index (χ1) is 39.9. The Balaban J connectivity index is -0.000000288. The van der Waals surface area contributed by atoms with Crippen molar-refractivity contribution >= 4 is 59.6 Å². The predicted molar refractivity (Wildman–Crippen MR) is 314 cm³/mol. The molecule has 33 nitrogen and oxygen atoms in total. The number of hydrogen-bond acceptors (Lipinski definition) is 22. The molecule has 0 bridgehead atoms. The highest BCUT2D eigenvalue weighted by atomic mass is 16.4. The molecule has 0 unspecified atom stereocenters. The maximum Gasteiger partial charge on any atom is 0.322 e. The average Bonchev–Trinajstić information content (AvgIpc) is 4.20. The molecule has 490 valence electrons. The van der Waals surface area contributed by atoms with Crippen molar-refractivity contribution in [3.63, 3.8) is 0 Å². The van der Waals surface area contributed by atoms with Gasteiger partial charge in [-0.2, -0.15) is 0 Å². The van der Waals surface area contributed by atoms with Crippen LogP contribution in [0, 0.1) is 11.8 Å². The Kier molecular flexibility index (Phi) is 52.9. The molecular formula is C53H93N13O20. The summed E-state index contributed by atoms with van der Waals surface area (Å²) < 4.78 is 0. The highest BCUT2D eigenvalue weighted by Gasteiger charge is 2.21. The second-order valence-corrected chi connectivity index (χ2v) is 19.1. The number of imidazole rings is 1. The van der Waals surface area contributed by atoms with Gasteiger partial charge in [0.1, 0.15) is 54.4 Å². The first-order valence-corrected chi connectivity index (χ1v) is 26.4. The van der Waals surface area contributed by atoms with Crippen molar-refractivity contribution in [3.8, 4) is 0 Å². The number of H-pyrrole nitrogens is 1. The van der Waals surface area contributed by atoms with E-state index >= 15 is 0 Å². The maximum absolute atomic E-state index is 10.4. The van der Waals surface area contributed by atoms with Gasteiger partial charge in [-0.1, -0.05) is 94.8 Å². The third-order valence-electron chi connectivity index (χ3n) is 10.5. The number of aromatic nitrogens is 2. The number of hydrogen-bond donors (Lipinski definition) is 22. The molecule has 86 heavy (non-hydrogen) atoms. The maximum atomic E-state index is 10.4. The minimum Gasteiger partial charge on any atom is -0.480 e. The van der Waals surface area contributed by atoms with Gasteiger partial charge in [0.15, 0.2) is 0 Å². The summed E-state index contributed by atoms with van der Waals surface area (Å²) in [6, 6.07) is 11.5. The van der Waals surface area contributed by atoms with E-state index in [0.717, 1.165) is 43.4 Å². The van der Waals surface area contributed by atoms with Crippen molar-refractivity contribution < 1.29 is 99.0 Å². The molecule has 1 saturated heterocycles. The highest BCUT2D eigenvalue weighted by molar-refractivity contribution is 5.83. The second kappa shape index (κ2) is 52.5. The minimum atomic E-state index is -1.21. The molecule has 3 aromatic rings. The van der Waals surface area contributed by atoms with Crippen LogP contribution in [0.4, 0.5) is 0 Å². The number of aromatic amines is 1. The summed E-state index contributed by atoms with van der Waals surface area (Å²) in [5, 5.41) is 85.5. The van der Waals surface area contributed by atoms with Crippen LogP contribution in [0.2, 0.25) is 0 Å². The lowest BCUT2D eigenvalue weighted by Gasteiger charge is -2.07. The van der Waals surface area contributed by atoms with E-state index in [2.05, 4.69) is 21.0 Å². The zero-order valence-corrected chi connectivity index (χ0v) is 48.7. The van der Waals surface area contributed by atoms with E-state index in [1.807, 2.05) is 74.5 Å². The molecule has 4 rings (SSSR count). The summed E-state index contributed by atoms with van der Waals surface area (Å²) in [5.41, 5.74) is 53.7. The third-order valence-corrected chi connectivity index (χ3v) is 10.5. The molecule has 1 fully saturated rings. The van der Waals surface area contributed by atoms with Crippen LogP contribution in [-0.2, 0) is 67.2 Å². The third kappa shape index (κ3) is 53.9. The number of carboxylic acids is 9. The summed E-state index contributed by atoms with van der Waals surface area (Å²) in [6.07, 6.45) is 8.34. The van der Waals surface area contributed by atoms with Crippen LogP contribution in [0.25, 0.3) is 0 Å². The number of rotatable bonds is 25. The predicted octanol–water partition coefficient (Wildman–Crippen LogP) is -2.84. The van der Waals surface area contributed by atoms with E-state index in [4.69, 9.17) is 103 Å². The van der Waals surface area contributed by atoms with Gasteiger partial charge in [0.25, 0.3) is 0 Å². The normalized spacial score (nSPS) is 14.4. The fourth-order valence-electron chi connectivity index (χ4n) is 5.43. The summed E-state index contributed by atoms with van der Waals surface area (Å²) in [5.74, 6) is -9.14. The van der Waals surface area contributed by atoms with Gasteiger partial charge in [0.2, 0.25) is 5.91 Å². The number of benzene rings is 2. The average molecular weight is 1230 g/mol. The lowest BCUT2D eigenvalue weighted by Crippen LogP contribution is -2.34. The van der Waals surface area contributed by atoms with Crippen LogP contribution in [0.5, 0.6) is 0 Å². The molecule has 2 heterocycles. The van der Waals surface area contributed by atoms with Crippen LogP contribution < -0.4 is 62.7 Å². The Hall–Kier alpha value is -8.09. The SMILES string of the molecule is CC(C)C[C@H](N)C(=O)O.CC(C)[C@H](N)C(=O)O.NC(=O)C[C@H](N)C(=O)O.NCCCC[C@H](N)C(=O)O.N[C@@H](CO)C(=O)O.N[C@@H](Cc1c[nH]cn1)C(=O)O.N[C@@H](Cc1ccccc1)C(=O)O.N[C@@H](Cc1ccccc1)C(=O)O.O=C(O)[C@@H]1CCCN1. The Morgan fingerprint density at radius 1 is 0.547 bits per heavy atom. The second-order valence-electron chi connectivity index (χ2n) is 19.1. The van der Waals surface area contributed by atoms with Gasteiger partial charge in [-0.05, 0) is 81.0 Å². The lowest BCUT2D eigenvalue weighted by atomic mass is 10.1. The van der Waals surface area contributed by atoms with Crippen LogP contribution >= 0.6 is 0 Å². The Morgan fingerprint density at radius 3 is 1.17 bits per heavy atom. The fourth-order valence-corrected chi connectivity index (χ4v) is 5.43. The molecule has 1 aromatic heterocycles. The largest absolute Gasteiger partial charge is 0.480 e. The monoisotopic (exact) mass is 1230 g/mol. The van der Waals surface area contributed by atoms with E-state index < -0.39 is 115 Å². The lowest BCUT2D eigenvalue weighted by molar-refractivity contribution is -0.140. The molecule has 32 N–H and O–H groups in total. The van der Waals surface area contributed by atoms with Gasteiger partial charge in [0.05, 0.1) is 25.0 Å². The van der Waals surface area contributed by atoms with Crippen molar-refractivity contribution in [2.24, 2.45) is 69.2 Å².